The lowest BCUT2D eigenvalue weighted by Gasteiger charge is -2.15. The Balaban J connectivity index is 2.10. The molecule has 0 fully saturated rings. The van der Waals surface area contributed by atoms with Crippen LogP contribution in [0.4, 0.5) is 5.69 Å². The Morgan fingerprint density at radius 3 is 2.55 bits per heavy atom. The third-order valence-electron chi connectivity index (χ3n) is 3.16. The SMILES string of the molecule is C[C@H](NCc1ccccc1[N+](=O)[O-])c1ccccc1Cl. The van der Waals surface area contributed by atoms with Gasteiger partial charge >= 0.3 is 0 Å². The van der Waals surface area contributed by atoms with Crippen LogP contribution < -0.4 is 5.32 Å². The van der Waals surface area contributed by atoms with Crippen LogP contribution in [0.1, 0.15) is 24.1 Å². The molecule has 4 nitrogen and oxygen atoms in total. The zero-order chi connectivity index (χ0) is 14.5. The highest BCUT2D eigenvalue weighted by Crippen LogP contribution is 2.23. The normalized spacial score (nSPS) is 12.1. The number of nitro groups is 1. The number of hydrogen-bond donors (Lipinski definition) is 1. The van der Waals surface area contributed by atoms with Crippen LogP contribution in [0.2, 0.25) is 5.02 Å². The van der Waals surface area contributed by atoms with Crippen molar-refractivity contribution < 1.29 is 4.92 Å². The number of rotatable bonds is 5. The van der Waals surface area contributed by atoms with Crippen molar-refractivity contribution in [2.45, 2.75) is 19.5 Å². The molecule has 0 aromatic heterocycles. The van der Waals surface area contributed by atoms with Gasteiger partial charge in [-0.05, 0) is 18.6 Å². The van der Waals surface area contributed by atoms with E-state index in [1.165, 1.54) is 6.07 Å². The molecule has 20 heavy (non-hydrogen) atoms. The lowest BCUT2D eigenvalue weighted by atomic mass is 10.1. The quantitative estimate of drug-likeness (QED) is 0.666. The van der Waals surface area contributed by atoms with E-state index >= 15 is 0 Å². The first-order valence-corrected chi connectivity index (χ1v) is 6.67. The number of hydrogen-bond acceptors (Lipinski definition) is 3. The third-order valence-corrected chi connectivity index (χ3v) is 3.50. The van der Waals surface area contributed by atoms with Crippen LogP contribution in [0.15, 0.2) is 48.5 Å². The van der Waals surface area contributed by atoms with Gasteiger partial charge in [-0.15, -0.1) is 0 Å². The second-order valence-corrected chi connectivity index (χ2v) is 4.92. The smallest absolute Gasteiger partial charge is 0.273 e. The maximum Gasteiger partial charge on any atom is 0.273 e. The molecule has 2 rings (SSSR count). The molecule has 1 atom stereocenters. The molecule has 0 aliphatic heterocycles. The largest absolute Gasteiger partial charge is 0.306 e. The van der Waals surface area contributed by atoms with Gasteiger partial charge < -0.3 is 5.32 Å². The fraction of sp³-hybridized carbons (Fsp3) is 0.200. The molecule has 0 unspecified atom stereocenters. The van der Waals surface area contributed by atoms with E-state index in [1.54, 1.807) is 18.2 Å². The second-order valence-electron chi connectivity index (χ2n) is 4.51. The van der Waals surface area contributed by atoms with Crippen molar-refractivity contribution >= 4 is 17.3 Å². The summed E-state index contributed by atoms with van der Waals surface area (Å²) in [6, 6.07) is 14.3. The molecule has 0 heterocycles. The summed E-state index contributed by atoms with van der Waals surface area (Å²) in [5.74, 6) is 0. The number of nitrogens with zero attached hydrogens (tertiary/aromatic N) is 1. The first-order chi connectivity index (χ1) is 9.59. The van der Waals surface area contributed by atoms with Crippen molar-refractivity contribution in [3.05, 3.63) is 74.8 Å². The Morgan fingerprint density at radius 1 is 1.20 bits per heavy atom. The predicted molar refractivity (Wildman–Crippen MR) is 79.8 cm³/mol. The summed E-state index contributed by atoms with van der Waals surface area (Å²) in [6.07, 6.45) is 0. The lowest BCUT2D eigenvalue weighted by molar-refractivity contribution is -0.385. The topological polar surface area (TPSA) is 55.2 Å². The van der Waals surface area contributed by atoms with Crippen LogP contribution in [0.25, 0.3) is 0 Å². The summed E-state index contributed by atoms with van der Waals surface area (Å²) in [6.45, 7) is 2.40. The van der Waals surface area contributed by atoms with E-state index in [2.05, 4.69) is 5.32 Å². The van der Waals surface area contributed by atoms with E-state index in [0.29, 0.717) is 17.1 Å². The van der Waals surface area contributed by atoms with Gasteiger partial charge in [0.05, 0.1) is 4.92 Å². The molecule has 1 N–H and O–H groups in total. The van der Waals surface area contributed by atoms with Crippen molar-refractivity contribution in [1.82, 2.24) is 5.32 Å². The van der Waals surface area contributed by atoms with E-state index < -0.39 is 0 Å². The van der Waals surface area contributed by atoms with Crippen molar-refractivity contribution in [3.63, 3.8) is 0 Å². The minimum Gasteiger partial charge on any atom is -0.306 e. The molecular weight excluding hydrogens is 276 g/mol. The zero-order valence-electron chi connectivity index (χ0n) is 11.0. The van der Waals surface area contributed by atoms with Gasteiger partial charge in [0, 0.05) is 29.2 Å². The molecule has 0 saturated heterocycles. The van der Waals surface area contributed by atoms with E-state index in [9.17, 15) is 10.1 Å². The molecule has 0 aliphatic rings. The monoisotopic (exact) mass is 290 g/mol. The van der Waals surface area contributed by atoms with Crippen LogP contribution in [-0.4, -0.2) is 4.92 Å². The van der Waals surface area contributed by atoms with Crippen LogP contribution in [-0.2, 0) is 6.54 Å². The molecular formula is C15H15ClN2O2. The molecule has 0 saturated carbocycles. The van der Waals surface area contributed by atoms with E-state index in [0.717, 1.165) is 5.56 Å². The van der Waals surface area contributed by atoms with Crippen molar-refractivity contribution in [2.24, 2.45) is 0 Å². The fourth-order valence-corrected chi connectivity index (χ4v) is 2.34. The maximum absolute atomic E-state index is 10.9. The highest BCUT2D eigenvalue weighted by molar-refractivity contribution is 6.31. The summed E-state index contributed by atoms with van der Waals surface area (Å²) in [4.78, 5) is 10.6. The summed E-state index contributed by atoms with van der Waals surface area (Å²) >= 11 is 6.13. The molecule has 0 amide bonds. The first-order valence-electron chi connectivity index (χ1n) is 6.29. The standard InChI is InChI=1S/C15H15ClN2O2/c1-11(13-7-3-4-8-14(13)16)17-10-12-6-2-5-9-15(12)18(19)20/h2-9,11,17H,10H2,1H3/t11-/m0/s1. The van der Waals surface area contributed by atoms with E-state index in [-0.39, 0.29) is 16.7 Å². The molecule has 2 aromatic rings. The van der Waals surface area contributed by atoms with Crippen LogP contribution in [0.5, 0.6) is 0 Å². The minimum absolute atomic E-state index is 0.0171. The number of nitro benzene ring substituents is 1. The van der Waals surface area contributed by atoms with Crippen molar-refractivity contribution in [1.29, 1.82) is 0 Å². The number of benzene rings is 2. The Bertz CT molecular complexity index is 616. The Labute approximate surface area is 122 Å². The maximum atomic E-state index is 10.9. The summed E-state index contributed by atoms with van der Waals surface area (Å²) in [5.41, 5.74) is 1.77. The Hall–Kier alpha value is -1.91. The van der Waals surface area contributed by atoms with Gasteiger partial charge in [0.25, 0.3) is 5.69 Å². The average molecular weight is 291 g/mol. The highest BCUT2D eigenvalue weighted by atomic mass is 35.5. The molecule has 0 aliphatic carbocycles. The lowest BCUT2D eigenvalue weighted by Crippen LogP contribution is -2.19. The number of nitrogens with one attached hydrogen (secondary N) is 1. The van der Waals surface area contributed by atoms with Gasteiger partial charge in [-0.2, -0.15) is 0 Å². The number of halogens is 1. The van der Waals surface area contributed by atoms with Crippen LogP contribution in [0.3, 0.4) is 0 Å². The van der Waals surface area contributed by atoms with Gasteiger partial charge in [0.15, 0.2) is 0 Å². The van der Waals surface area contributed by atoms with Gasteiger partial charge in [0.1, 0.15) is 0 Å². The van der Waals surface area contributed by atoms with E-state index in [4.69, 9.17) is 11.6 Å². The summed E-state index contributed by atoms with van der Waals surface area (Å²) < 4.78 is 0. The first kappa shape index (κ1) is 14.5. The minimum atomic E-state index is -0.364. The second kappa shape index (κ2) is 6.50. The summed E-state index contributed by atoms with van der Waals surface area (Å²) in [7, 11) is 0. The van der Waals surface area contributed by atoms with Crippen LogP contribution in [0, 0.1) is 10.1 Å². The Kier molecular flexibility index (Phi) is 4.71. The molecule has 5 heteroatoms. The highest BCUT2D eigenvalue weighted by Gasteiger charge is 2.14. The molecule has 0 bridgehead atoms. The molecule has 104 valence electrons. The van der Waals surface area contributed by atoms with Crippen LogP contribution >= 0.6 is 11.6 Å². The zero-order valence-corrected chi connectivity index (χ0v) is 11.8. The van der Waals surface area contributed by atoms with E-state index in [1.807, 2.05) is 31.2 Å². The molecule has 0 spiro atoms. The fourth-order valence-electron chi connectivity index (χ4n) is 2.04. The number of para-hydroxylation sites is 1. The van der Waals surface area contributed by atoms with Gasteiger partial charge in [-0.3, -0.25) is 10.1 Å². The average Bonchev–Trinajstić information content (AvgIpc) is 2.45. The summed E-state index contributed by atoms with van der Waals surface area (Å²) in [5, 5.41) is 14.9. The Morgan fingerprint density at radius 2 is 1.85 bits per heavy atom. The van der Waals surface area contributed by atoms with Crippen molar-refractivity contribution in [2.75, 3.05) is 0 Å². The molecule has 2 aromatic carbocycles. The van der Waals surface area contributed by atoms with Gasteiger partial charge in [0.2, 0.25) is 0 Å². The third kappa shape index (κ3) is 3.35. The van der Waals surface area contributed by atoms with Gasteiger partial charge in [-0.25, -0.2) is 0 Å². The van der Waals surface area contributed by atoms with Gasteiger partial charge in [-0.1, -0.05) is 48.0 Å². The predicted octanol–water partition coefficient (Wildman–Crippen LogP) is 4.10. The molecule has 0 radical (unpaired) electrons. The van der Waals surface area contributed by atoms with Crippen molar-refractivity contribution in [3.8, 4) is 0 Å².